The fraction of sp³-hybridized carbons (Fsp3) is 0.0909. The molecule has 150 valence electrons. The van der Waals surface area contributed by atoms with Crippen LogP contribution in [0.25, 0.3) is 16.9 Å². The predicted octanol–water partition coefficient (Wildman–Crippen LogP) is 4.09. The molecule has 1 N–H and O–H groups in total. The van der Waals surface area contributed by atoms with E-state index >= 15 is 0 Å². The minimum atomic E-state index is -0.357. The topological polar surface area (TPSA) is 72.7 Å². The number of aromatic nitrogens is 4. The molecule has 0 bridgehead atoms. The molecule has 2 aromatic carbocycles. The van der Waals surface area contributed by atoms with Gasteiger partial charge in [-0.3, -0.25) is 9.78 Å². The molecule has 0 atom stereocenters. The summed E-state index contributed by atoms with van der Waals surface area (Å²) in [4.78, 5) is 16.9. The number of rotatable bonds is 6. The smallest absolute Gasteiger partial charge is 0.274 e. The third-order valence-corrected chi connectivity index (χ3v) is 4.77. The molecule has 4 aromatic rings. The Bertz CT molecular complexity index is 1140. The largest absolute Gasteiger partial charge is 0.350 e. The first kappa shape index (κ1) is 19.7. The van der Waals surface area contributed by atoms with Crippen molar-refractivity contribution in [2.45, 2.75) is 6.42 Å². The average molecular weight is 422 g/mol. The second-order valence-corrected chi connectivity index (χ2v) is 6.98. The molecule has 8 heteroatoms. The highest BCUT2D eigenvalue weighted by Crippen LogP contribution is 2.25. The van der Waals surface area contributed by atoms with Gasteiger partial charge in [0.05, 0.1) is 5.69 Å². The SMILES string of the molecule is O=C(NCCc1ccc(Cl)cc1)c1nnn(-c2ccc(F)cc2)c1-c1ccncc1. The Morgan fingerprint density at radius 1 is 1.00 bits per heavy atom. The van der Waals surface area contributed by atoms with Crippen molar-refractivity contribution in [2.75, 3.05) is 6.54 Å². The maximum Gasteiger partial charge on any atom is 0.274 e. The summed E-state index contributed by atoms with van der Waals surface area (Å²) >= 11 is 5.90. The van der Waals surface area contributed by atoms with Crippen molar-refractivity contribution in [3.05, 3.63) is 95.2 Å². The van der Waals surface area contributed by atoms with Crippen LogP contribution in [0.15, 0.2) is 73.1 Å². The Balaban J connectivity index is 1.60. The summed E-state index contributed by atoms with van der Waals surface area (Å²) in [6.45, 7) is 0.430. The van der Waals surface area contributed by atoms with Crippen LogP contribution in [0.3, 0.4) is 0 Å². The van der Waals surface area contributed by atoms with E-state index in [0.29, 0.717) is 29.4 Å². The molecular weight excluding hydrogens is 405 g/mol. The summed E-state index contributed by atoms with van der Waals surface area (Å²) in [5, 5.41) is 11.8. The van der Waals surface area contributed by atoms with E-state index in [-0.39, 0.29) is 17.4 Å². The molecule has 0 aliphatic rings. The summed E-state index contributed by atoms with van der Waals surface area (Å²) in [6, 6.07) is 16.8. The van der Waals surface area contributed by atoms with E-state index in [1.54, 1.807) is 36.7 Å². The second kappa shape index (κ2) is 8.84. The number of amides is 1. The number of nitrogens with one attached hydrogen (secondary N) is 1. The van der Waals surface area contributed by atoms with Crippen LogP contribution in [0.4, 0.5) is 4.39 Å². The zero-order valence-electron chi connectivity index (χ0n) is 15.8. The van der Waals surface area contributed by atoms with Crippen molar-refractivity contribution in [3.8, 4) is 16.9 Å². The van der Waals surface area contributed by atoms with Crippen molar-refractivity contribution in [1.29, 1.82) is 0 Å². The van der Waals surface area contributed by atoms with Crippen LogP contribution >= 0.6 is 11.6 Å². The highest BCUT2D eigenvalue weighted by molar-refractivity contribution is 6.30. The molecule has 0 aliphatic heterocycles. The molecule has 0 fully saturated rings. The second-order valence-electron chi connectivity index (χ2n) is 6.54. The van der Waals surface area contributed by atoms with Gasteiger partial charge in [0.1, 0.15) is 11.5 Å². The fourth-order valence-corrected chi connectivity index (χ4v) is 3.15. The number of hydrogen-bond donors (Lipinski definition) is 1. The molecular formula is C22H17ClFN5O. The van der Waals surface area contributed by atoms with E-state index in [9.17, 15) is 9.18 Å². The fourth-order valence-electron chi connectivity index (χ4n) is 3.02. The van der Waals surface area contributed by atoms with E-state index < -0.39 is 0 Å². The van der Waals surface area contributed by atoms with Gasteiger partial charge in [0, 0.05) is 29.5 Å². The Labute approximate surface area is 177 Å². The van der Waals surface area contributed by atoms with Gasteiger partial charge in [0.2, 0.25) is 0 Å². The Morgan fingerprint density at radius 3 is 2.40 bits per heavy atom. The first-order valence-electron chi connectivity index (χ1n) is 9.26. The minimum absolute atomic E-state index is 0.182. The van der Waals surface area contributed by atoms with E-state index in [1.807, 2.05) is 24.3 Å². The van der Waals surface area contributed by atoms with Gasteiger partial charge in [-0.05, 0) is 60.5 Å². The molecule has 0 aliphatic carbocycles. The zero-order valence-corrected chi connectivity index (χ0v) is 16.6. The molecule has 6 nitrogen and oxygen atoms in total. The molecule has 0 saturated carbocycles. The van der Waals surface area contributed by atoms with E-state index in [2.05, 4.69) is 20.6 Å². The van der Waals surface area contributed by atoms with Crippen molar-refractivity contribution in [2.24, 2.45) is 0 Å². The number of hydrogen-bond acceptors (Lipinski definition) is 4. The predicted molar refractivity (Wildman–Crippen MR) is 112 cm³/mol. The molecule has 0 saturated heterocycles. The number of pyridine rings is 1. The lowest BCUT2D eigenvalue weighted by Gasteiger charge is -2.09. The molecule has 30 heavy (non-hydrogen) atoms. The first-order chi connectivity index (χ1) is 14.6. The zero-order chi connectivity index (χ0) is 20.9. The summed E-state index contributed by atoms with van der Waals surface area (Å²) in [5.41, 5.74) is 3.07. The molecule has 0 unspecified atom stereocenters. The average Bonchev–Trinajstić information content (AvgIpc) is 3.21. The molecule has 2 aromatic heterocycles. The number of benzene rings is 2. The van der Waals surface area contributed by atoms with Gasteiger partial charge in [-0.15, -0.1) is 5.10 Å². The number of carbonyl (C=O) groups excluding carboxylic acids is 1. The monoisotopic (exact) mass is 421 g/mol. The quantitative estimate of drug-likeness (QED) is 0.509. The summed E-state index contributed by atoms with van der Waals surface area (Å²) in [6.07, 6.45) is 3.90. The summed E-state index contributed by atoms with van der Waals surface area (Å²) < 4.78 is 14.9. The standard InChI is InChI=1S/C22H17ClFN5O/c23-17-3-1-15(2-4-17)9-14-26-22(30)20-21(16-10-12-25-13-11-16)29(28-27-20)19-7-5-18(24)6-8-19/h1-8,10-13H,9,14H2,(H,26,30). The lowest BCUT2D eigenvalue weighted by molar-refractivity contribution is 0.0949. The van der Waals surface area contributed by atoms with Crippen molar-refractivity contribution < 1.29 is 9.18 Å². The third kappa shape index (κ3) is 4.36. The van der Waals surface area contributed by atoms with Gasteiger partial charge in [0.15, 0.2) is 5.69 Å². The molecule has 0 spiro atoms. The van der Waals surface area contributed by atoms with Crippen molar-refractivity contribution in [1.82, 2.24) is 25.3 Å². The molecule has 4 rings (SSSR count). The maximum absolute atomic E-state index is 13.3. The Kier molecular flexibility index (Phi) is 5.81. The third-order valence-electron chi connectivity index (χ3n) is 4.52. The van der Waals surface area contributed by atoms with Crippen LogP contribution in [-0.4, -0.2) is 32.4 Å². The normalized spacial score (nSPS) is 10.7. The van der Waals surface area contributed by atoms with Gasteiger partial charge in [-0.1, -0.05) is 28.9 Å². The van der Waals surface area contributed by atoms with Crippen LogP contribution in [0, 0.1) is 5.82 Å². The number of halogens is 2. The number of carbonyl (C=O) groups is 1. The van der Waals surface area contributed by atoms with Gasteiger partial charge in [0.25, 0.3) is 5.91 Å². The highest BCUT2D eigenvalue weighted by Gasteiger charge is 2.22. The summed E-state index contributed by atoms with van der Waals surface area (Å²) in [7, 11) is 0. The van der Waals surface area contributed by atoms with Gasteiger partial charge in [-0.2, -0.15) is 0 Å². The van der Waals surface area contributed by atoms with Crippen molar-refractivity contribution in [3.63, 3.8) is 0 Å². The van der Waals surface area contributed by atoms with E-state index in [4.69, 9.17) is 11.6 Å². The molecule has 0 radical (unpaired) electrons. The van der Waals surface area contributed by atoms with E-state index in [0.717, 1.165) is 11.1 Å². The molecule has 2 heterocycles. The van der Waals surface area contributed by atoms with Crippen LogP contribution in [0.2, 0.25) is 5.02 Å². The first-order valence-corrected chi connectivity index (χ1v) is 9.64. The summed E-state index contributed by atoms with van der Waals surface area (Å²) in [5.74, 6) is -0.700. The maximum atomic E-state index is 13.3. The van der Waals surface area contributed by atoms with Crippen LogP contribution in [-0.2, 0) is 6.42 Å². The van der Waals surface area contributed by atoms with Gasteiger partial charge in [-0.25, -0.2) is 9.07 Å². The number of nitrogens with zero attached hydrogens (tertiary/aromatic N) is 4. The Morgan fingerprint density at radius 2 is 1.70 bits per heavy atom. The van der Waals surface area contributed by atoms with Crippen LogP contribution in [0.1, 0.15) is 16.1 Å². The van der Waals surface area contributed by atoms with Gasteiger partial charge < -0.3 is 5.32 Å². The lowest BCUT2D eigenvalue weighted by Crippen LogP contribution is -2.26. The highest BCUT2D eigenvalue weighted by atomic mass is 35.5. The van der Waals surface area contributed by atoms with E-state index in [1.165, 1.54) is 16.8 Å². The molecule has 1 amide bonds. The minimum Gasteiger partial charge on any atom is -0.350 e. The van der Waals surface area contributed by atoms with Crippen LogP contribution in [0.5, 0.6) is 0 Å². The Hall–Kier alpha value is -3.58. The van der Waals surface area contributed by atoms with Crippen molar-refractivity contribution >= 4 is 17.5 Å². The lowest BCUT2D eigenvalue weighted by atomic mass is 10.1. The van der Waals surface area contributed by atoms with Gasteiger partial charge >= 0.3 is 0 Å². The van der Waals surface area contributed by atoms with Crippen LogP contribution < -0.4 is 5.32 Å².